The molecule has 3 nitrogen and oxygen atoms in total. The van der Waals surface area contributed by atoms with Gasteiger partial charge in [0.1, 0.15) is 0 Å². The molecule has 0 aromatic heterocycles. The third-order valence-corrected chi connectivity index (χ3v) is 3.93. The minimum atomic E-state index is -2.76. The van der Waals surface area contributed by atoms with Gasteiger partial charge < -0.3 is 9.79 Å². The lowest BCUT2D eigenvalue weighted by Gasteiger charge is -2.14. The first-order chi connectivity index (χ1) is 3.71. The van der Waals surface area contributed by atoms with Crippen LogP contribution >= 0.6 is 13.0 Å². The van der Waals surface area contributed by atoms with Crippen LogP contribution in [0, 0.1) is 0 Å². The van der Waals surface area contributed by atoms with E-state index < -0.39 is 13.0 Å². The molecule has 0 saturated carbocycles. The Kier molecular flexibility index (Phi) is 3.46. The second-order valence-electron chi connectivity index (χ2n) is 1.69. The van der Waals surface area contributed by atoms with Crippen LogP contribution in [-0.2, 0) is 27.9 Å². The fourth-order valence-electron chi connectivity index (χ4n) is 0.281. The Morgan fingerprint density at radius 3 is 1.33 bits per heavy atom. The molecule has 9 heavy (non-hydrogen) atoms. The van der Waals surface area contributed by atoms with Crippen LogP contribution < -0.4 is 0 Å². The van der Waals surface area contributed by atoms with Crippen molar-refractivity contribution in [2.45, 2.75) is 0 Å². The number of hydrogen-bond donors (Lipinski definition) is 2. The van der Waals surface area contributed by atoms with E-state index in [4.69, 9.17) is 9.79 Å². The van der Waals surface area contributed by atoms with E-state index in [2.05, 4.69) is 27.9 Å². The number of rotatable bonds is 2. The molecule has 0 spiro atoms. The second kappa shape index (κ2) is 3.05. The lowest BCUT2D eigenvalue weighted by Crippen LogP contribution is -1.82. The Morgan fingerprint density at radius 2 is 1.33 bits per heavy atom. The minimum Gasteiger partial charge on any atom is -0.345 e. The van der Waals surface area contributed by atoms with Crippen LogP contribution in [0.3, 0.4) is 0 Å². The average Bonchev–Trinajstić information content (AvgIpc) is 1.14. The molecular formula is C2H8O3P2S2. The van der Waals surface area contributed by atoms with Crippen LogP contribution in [0.1, 0.15) is 0 Å². The molecular weight excluding hydrogens is 198 g/mol. The van der Waals surface area contributed by atoms with E-state index in [-0.39, 0.29) is 0 Å². The molecule has 56 valence electrons. The van der Waals surface area contributed by atoms with Crippen molar-refractivity contribution in [3.05, 3.63) is 0 Å². The standard InChI is InChI=1S/C2H8O3P2S2/c1-6(3,8)5-7(2,4)9/h1-2H3,(H,3,8)(H,4,9). The van der Waals surface area contributed by atoms with Crippen LogP contribution in [0.25, 0.3) is 0 Å². The van der Waals surface area contributed by atoms with Crippen molar-refractivity contribution in [1.82, 2.24) is 0 Å². The SMILES string of the molecule is CP(O)(=S)OP(C)(O)=S. The molecule has 2 N–H and O–H groups in total. The van der Waals surface area contributed by atoms with E-state index in [0.29, 0.717) is 0 Å². The molecule has 0 rings (SSSR count). The maximum Gasteiger partial charge on any atom is 0.189 e. The summed E-state index contributed by atoms with van der Waals surface area (Å²) in [7, 11) is 0. The Labute approximate surface area is 64.4 Å². The van der Waals surface area contributed by atoms with Crippen LogP contribution in [-0.4, -0.2) is 23.1 Å². The zero-order valence-electron chi connectivity index (χ0n) is 5.01. The highest BCUT2D eigenvalue weighted by molar-refractivity contribution is 8.16. The van der Waals surface area contributed by atoms with Crippen LogP contribution in [0.15, 0.2) is 0 Å². The minimum absolute atomic E-state index is 1.35. The molecule has 0 amide bonds. The molecule has 0 aromatic rings. The van der Waals surface area contributed by atoms with Gasteiger partial charge in [0.15, 0.2) is 13.0 Å². The first-order valence-corrected chi connectivity index (χ1v) is 8.27. The highest BCUT2D eigenvalue weighted by atomic mass is 32.5. The highest BCUT2D eigenvalue weighted by Gasteiger charge is 2.13. The monoisotopic (exact) mass is 206 g/mol. The Bertz CT molecular complexity index is 158. The maximum atomic E-state index is 8.86. The predicted octanol–water partition coefficient (Wildman–Crippen LogP) is 0.866. The van der Waals surface area contributed by atoms with E-state index in [1.54, 1.807) is 0 Å². The zero-order valence-corrected chi connectivity index (χ0v) is 8.44. The van der Waals surface area contributed by atoms with Crippen molar-refractivity contribution >= 4 is 36.6 Å². The van der Waals surface area contributed by atoms with Gasteiger partial charge in [-0.2, -0.15) is 0 Å². The van der Waals surface area contributed by atoms with E-state index in [9.17, 15) is 0 Å². The van der Waals surface area contributed by atoms with Crippen LogP contribution in [0.2, 0.25) is 0 Å². The van der Waals surface area contributed by atoms with Crippen molar-refractivity contribution in [1.29, 1.82) is 0 Å². The molecule has 0 bridgehead atoms. The lowest BCUT2D eigenvalue weighted by atomic mass is 12.0. The summed E-state index contributed by atoms with van der Waals surface area (Å²) >= 11 is 8.96. The molecule has 0 aromatic carbocycles. The van der Waals surface area contributed by atoms with Gasteiger partial charge in [-0.25, -0.2) is 0 Å². The molecule has 2 unspecified atom stereocenters. The van der Waals surface area contributed by atoms with Gasteiger partial charge in [-0.15, -0.1) is 0 Å². The quantitative estimate of drug-likeness (QED) is 0.656. The Hall–Kier alpha value is 1.18. The van der Waals surface area contributed by atoms with Crippen LogP contribution in [0.5, 0.6) is 0 Å². The predicted molar refractivity (Wildman–Crippen MR) is 45.9 cm³/mol. The van der Waals surface area contributed by atoms with Gasteiger partial charge in [-0.3, -0.25) is 4.31 Å². The normalized spacial score (nSPS) is 24.4. The maximum absolute atomic E-state index is 8.86. The largest absolute Gasteiger partial charge is 0.345 e. The van der Waals surface area contributed by atoms with E-state index in [1.807, 2.05) is 0 Å². The lowest BCUT2D eigenvalue weighted by molar-refractivity contribution is 0.462. The van der Waals surface area contributed by atoms with Crippen molar-refractivity contribution in [3.8, 4) is 0 Å². The van der Waals surface area contributed by atoms with E-state index >= 15 is 0 Å². The summed E-state index contributed by atoms with van der Waals surface area (Å²) in [4.78, 5) is 17.7. The van der Waals surface area contributed by atoms with Gasteiger partial charge in [0.05, 0.1) is 0 Å². The molecule has 2 atom stereocenters. The molecule has 7 heteroatoms. The number of hydrogen-bond acceptors (Lipinski definition) is 3. The third-order valence-electron chi connectivity index (χ3n) is 0.303. The summed E-state index contributed by atoms with van der Waals surface area (Å²) in [5.41, 5.74) is 0. The fourth-order valence-corrected chi connectivity index (χ4v) is 5.25. The van der Waals surface area contributed by atoms with Crippen molar-refractivity contribution in [2.24, 2.45) is 0 Å². The van der Waals surface area contributed by atoms with E-state index in [0.717, 1.165) is 0 Å². The summed E-state index contributed by atoms with van der Waals surface area (Å²) in [5, 5.41) is 0. The van der Waals surface area contributed by atoms with Crippen LogP contribution in [0.4, 0.5) is 0 Å². The summed E-state index contributed by atoms with van der Waals surface area (Å²) in [5.74, 6) is 0. The summed E-state index contributed by atoms with van der Waals surface area (Å²) in [6, 6.07) is 0. The van der Waals surface area contributed by atoms with Gasteiger partial charge in [0, 0.05) is 13.3 Å². The third kappa shape index (κ3) is 9.18. The molecule has 0 heterocycles. The zero-order chi connectivity index (χ0) is 7.71. The van der Waals surface area contributed by atoms with Gasteiger partial charge >= 0.3 is 0 Å². The van der Waals surface area contributed by atoms with Crippen molar-refractivity contribution in [3.63, 3.8) is 0 Å². The Balaban J connectivity index is 4.07. The van der Waals surface area contributed by atoms with Gasteiger partial charge in [0.2, 0.25) is 0 Å². The molecule has 0 aliphatic carbocycles. The first-order valence-electron chi connectivity index (χ1n) is 2.02. The van der Waals surface area contributed by atoms with Gasteiger partial charge in [0.25, 0.3) is 0 Å². The van der Waals surface area contributed by atoms with E-state index in [1.165, 1.54) is 13.3 Å². The molecule has 0 fully saturated rings. The van der Waals surface area contributed by atoms with Gasteiger partial charge in [-0.05, 0) is 23.6 Å². The molecule has 0 radical (unpaired) electrons. The molecule has 0 aliphatic heterocycles. The summed E-state index contributed by atoms with van der Waals surface area (Å²) < 4.78 is 4.59. The fraction of sp³-hybridized carbons (Fsp3) is 1.00. The first kappa shape index (κ1) is 10.2. The summed E-state index contributed by atoms with van der Waals surface area (Å²) in [6.45, 7) is -2.82. The molecule has 0 aliphatic rings. The Morgan fingerprint density at radius 1 is 1.11 bits per heavy atom. The van der Waals surface area contributed by atoms with Crippen molar-refractivity contribution in [2.75, 3.05) is 13.3 Å². The second-order valence-corrected chi connectivity index (χ2v) is 9.62. The average molecular weight is 206 g/mol. The topological polar surface area (TPSA) is 49.7 Å². The summed E-state index contributed by atoms with van der Waals surface area (Å²) in [6.07, 6.45) is 0. The highest BCUT2D eigenvalue weighted by Crippen LogP contribution is 2.55. The van der Waals surface area contributed by atoms with Gasteiger partial charge in [-0.1, -0.05) is 0 Å². The smallest absolute Gasteiger partial charge is 0.189 e. The molecule has 0 saturated heterocycles. The van der Waals surface area contributed by atoms with Crippen molar-refractivity contribution < 1.29 is 14.1 Å².